The molecule has 2 rings (SSSR count). The number of carbonyl (C=O) groups excluding carboxylic acids is 1. The standard InChI is InChI=1S/C15H15BrClNOS/c1-18(10-11-4-2-3-5-13(11)16)15(19)9-7-12-6-8-14(17)20-12/h2-6,8H,7,9-10H2,1H3. The minimum Gasteiger partial charge on any atom is -0.341 e. The van der Waals surface area contributed by atoms with Crippen molar-refractivity contribution in [3.05, 3.63) is 55.6 Å². The highest BCUT2D eigenvalue weighted by Gasteiger charge is 2.11. The summed E-state index contributed by atoms with van der Waals surface area (Å²) in [5, 5.41) is 0. The number of amides is 1. The fourth-order valence-electron chi connectivity index (χ4n) is 1.88. The Labute approximate surface area is 136 Å². The van der Waals surface area contributed by atoms with E-state index in [2.05, 4.69) is 15.9 Å². The maximum atomic E-state index is 12.1. The second-order valence-corrected chi connectivity index (χ2v) is 7.20. The van der Waals surface area contributed by atoms with Gasteiger partial charge in [0.15, 0.2) is 0 Å². The first-order valence-corrected chi connectivity index (χ1v) is 8.26. The molecule has 2 nitrogen and oxygen atoms in total. The summed E-state index contributed by atoms with van der Waals surface area (Å²) in [6, 6.07) is 11.8. The zero-order valence-corrected chi connectivity index (χ0v) is 14.3. The molecule has 0 unspecified atom stereocenters. The Bertz CT molecular complexity index is 599. The van der Waals surface area contributed by atoms with Crippen LogP contribution in [0.15, 0.2) is 40.9 Å². The summed E-state index contributed by atoms with van der Waals surface area (Å²) in [4.78, 5) is 15.0. The van der Waals surface area contributed by atoms with Crippen molar-refractivity contribution in [3.63, 3.8) is 0 Å². The summed E-state index contributed by atoms with van der Waals surface area (Å²) in [6.07, 6.45) is 1.26. The molecule has 0 aliphatic heterocycles. The summed E-state index contributed by atoms with van der Waals surface area (Å²) in [5.41, 5.74) is 1.11. The predicted molar refractivity (Wildman–Crippen MR) is 88.3 cm³/mol. The molecule has 0 spiro atoms. The molecule has 106 valence electrons. The van der Waals surface area contributed by atoms with Crippen LogP contribution in [0.3, 0.4) is 0 Å². The highest BCUT2D eigenvalue weighted by Crippen LogP contribution is 2.23. The third-order valence-electron chi connectivity index (χ3n) is 3.01. The van der Waals surface area contributed by atoms with E-state index in [4.69, 9.17) is 11.6 Å². The maximum absolute atomic E-state index is 12.1. The number of hydrogen-bond donors (Lipinski definition) is 0. The van der Waals surface area contributed by atoms with Gasteiger partial charge in [-0.25, -0.2) is 0 Å². The Balaban J connectivity index is 1.87. The van der Waals surface area contributed by atoms with E-state index in [-0.39, 0.29) is 5.91 Å². The van der Waals surface area contributed by atoms with Crippen LogP contribution in [0.1, 0.15) is 16.9 Å². The molecule has 0 N–H and O–H groups in total. The summed E-state index contributed by atoms with van der Waals surface area (Å²) in [5.74, 6) is 0.144. The quantitative estimate of drug-likeness (QED) is 0.741. The predicted octanol–water partition coefficient (Wildman–Crippen LogP) is 4.76. The molecule has 5 heteroatoms. The summed E-state index contributed by atoms with van der Waals surface area (Å²) < 4.78 is 1.80. The minimum atomic E-state index is 0.144. The van der Waals surface area contributed by atoms with Gasteiger partial charge in [-0.2, -0.15) is 0 Å². The van der Waals surface area contributed by atoms with E-state index in [1.807, 2.05) is 43.4 Å². The zero-order chi connectivity index (χ0) is 14.5. The Hall–Kier alpha value is -0.840. The highest BCUT2D eigenvalue weighted by atomic mass is 79.9. The van der Waals surface area contributed by atoms with Crippen molar-refractivity contribution in [1.82, 2.24) is 4.90 Å². The van der Waals surface area contributed by atoms with Crippen LogP contribution in [-0.2, 0) is 17.8 Å². The number of halogens is 2. The van der Waals surface area contributed by atoms with E-state index in [9.17, 15) is 4.79 Å². The third kappa shape index (κ3) is 4.33. The summed E-state index contributed by atoms with van der Waals surface area (Å²) >= 11 is 10.9. The lowest BCUT2D eigenvalue weighted by Gasteiger charge is -2.18. The fraction of sp³-hybridized carbons (Fsp3) is 0.267. The Morgan fingerprint density at radius 1 is 1.30 bits per heavy atom. The monoisotopic (exact) mass is 371 g/mol. The van der Waals surface area contributed by atoms with Crippen LogP contribution in [0, 0.1) is 0 Å². The van der Waals surface area contributed by atoms with Crippen LogP contribution in [0.4, 0.5) is 0 Å². The molecule has 20 heavy (non-hydrogen) atoms. The molecule has 0 aliphatic rings. The largest absolute Gasteiger partial charge is 0.341 e. The van der Waals surface area contributed by atoms with Crippen LogP contribution in [-0.4, -0.2) is 17.9 Å². The Morgan fingerprint density at radius 3 is 2.70 bits per heavy atom. The molecule has 1 heterocycles. The maximum Gasteiger partial charge on any atom is 0.222 e. The molecule has 0 aliphatic carbocycles. The lowest BCUT2D eigenvalue weighted by atomic mass is 10.2. The van der Waals surface area contributed by atoms with Gasteiger partial charge in [-0.05, 0) is 30.2 Å². The SMILES string of the molecule is CN(Cc1ccccc1Br)C(=O)CCc1ccc(Cl)s1. The zero-order valence-electron chi connectivity index (χ0n) is 11.1. The van der Waals surface area contributed by atoms with Crippen LogP contribution < -0.4 is 0 Å². The summed E-state index contributed by atoms with van der Waals surface area (Å²) in [6.45, 7) is 0.617. The normalized spacial score (nSPS) is 10.6. The van der Waals surface area contributed by atoms with Crippen molar-refractivity contribution in [2.75, 3.05) is 7.05 Å². The van der Waals surface area contributed by atoms with E-state index < -0.39 is 0 Å². The van der Waals surface area contributed by atoms with Gasteiger partial charge in [-0.3, -0.25) is 4.79 Å². The minimum absolute atomic E-state index is 0.144. The van der Waals surface area contributed by atoms with Crippen molar-refractivity contribution < 1.29 is 4.79 Å². The first-order chi connectivity index (χ1) is 9.56. The van der Waals surface area contributed by atoms with Crippen molar-refractivity contribution >= 4 is 44.8 Å². The molecule has 1 amide bonds. The highest BCUT2D eigenvalue weighted by molar-refractivity contribution is 9.10. The van der Waals surface area contributed by atoms with Gasteiger partial charge in [0, 0.05) is 29.4 Å². The second kappa shape index (κ2) is 7.25. The molecule has 0 radical (unpaired) electrons. The van der Waals surface area contributed by atoms with Gasteiger partial charge in [0.2, 0.25) is 5.91 Å². The topological polar surface area (TPSA) is 20.3 Å². The molecular weight excluding hydrogens is 358 g/mol. The molecule has 0 saturated carbocycles. The van der Waals surface area contributed by atoms with Gasteiger partial charge in [-0.15, -0.1) is 11.3 Å². The second-order valence-electron chi connectivity index (χ2n) is 4.55. The smallest absolute Gasteiger partial charge is 0.222 e. The van der Waals surface area contributed by atoms with Crippen molar-refractivity contribution in [2.24, 2.45) is 0 Å². The van der Waals surface area contributed by atoms with E-state index in [1.54, 1.807) is 4.90 Å². The van der Waals surface area contributed by atoms with Crippen LogP contribution in [0.5, 0.6) is 0 Å². The van der Waals surface area contributed by atoms with Crippen molar-refractivity contribution in [2.45, 2.75) is 19.4 Å². The number of carbonyl (C=O) groups is 1. The van der Waals surface area contributed by atoms with E-state index in [0.29, 0.717) is 13.0 Å². The first-order valence-electron chi connectivity index (χ1n) is 6.28. The molecular formula is C15H15BrClNOS. The van der Waals surface area contributed by atoms with Crippen LogP contribution in [0.25, 0.3) is 0 Å². The first kappa shape index (κ1) is 15.5. The number of aryl methyl sites for hydroxylation is 1. The Morgan fingerprint density at radius 2 is 2.05 bits per heavy atom. The van der Waals surface area contributed by atoms with Crippen molar-refractivity contribution in [3.8, 4) is 0 Å². The van der Waals surface area contributed by atoms with Gasteiger partial charge in [0.1, 0.15) is 0 Å². The van der Waals surface area contributed by atoms with E-state index in [0.717, 1.165) is 25.7 Å². The van der Waals surface area contributed by atoms with Gasteiger partial charge in [0.05, 0.1) is 4.34 Å². The lowest BCUT2D eigenvalue weighted by Crippen LogP contribution is -2.26. The van der Waals surface area contributed by atoms with Gasteiger partial charge in [0.25, 0.3) is 0 Å². The Kier molecular flexibility index (Phi) is 5.64. The van der Waals surface area contributed by atoms with Gasteiger partial charge in [-0.1, -0.05) is 45.7 Å². The van der Waals surface area contributed by atoms with E-state index in [1.165, 1.54) is 11.3 Å². The fourth-order valence-corrected chi connectivity index (χ4v) is 3.37. The van der Waals surface area contributed by atoms with E-state index >= 15 is 0 Å². The van der Waals surface area contributed by atoms with Crippen LogP contribution >= 0.6 is 38.9 Å². The van der Waals surface area contributed by atoms with Gasteiger partial charge >= 0.3 is 0 Å². The molecule has 0 bridgehead atoms. The van der Waals surface area contributed by atoms with Crippen LogP contribution in [0.2, 0.25) is 4.34 Å². The molecule has 1 aromatic heterocycles. The molecule has 1 aromatic carbocycles. The third-order valence-corrected chi connectivity index (χ3v) is 5.07. The number of rotatable bonds is 5. The number of benzene rings is 1. The lowest BCUT2D eigenvalue weighted by molar-refractivity contribution is -0.130. The average Bonchev–Trinajstić information content (AvgIpc) is 2.84. The summed E-state index contributed by atoms with van der Waals surface area (Å²) in [7, 11) is 1.84. The number of thiophene rings is 1. The number of hydrogen-bond acceptors (Lipinski definition) is 2. The molecule has 0 saturated heterocycles. The molecule has 2 aromatic rings. The molecule has 0 fully saturated rings. The van der Waals surface area contributed by atoms with Gasteiger partial charge < -0.3 is 4.90 Å². The molecule has 0 atom stereocenters. The number of nitrogens with zero attached hydrogens (tertiary/aromatic N) is 1. The average molecular weight is 373 g/mol. The van der Waals surface area contributed by atoms with Crippen molar-refractivity contribution in [1.29, 1.82) is 0 Å².